The van der Waals surface area contributed by atoms with Gasteiger partial charge in [0.2, 0.25) is 0 Å². The maximum absolute atomic E-state index is 13.4. The van der Waals surface area contributed by atoms with Crippen molar-refractivity contribution in [2.45, 2.75) is 32.8 Å². The van der Waals surface area contributed by atoms with E-state index < -0.39 is 0 Å². The molecule has 2 heterocycles. The lowest BCUT2D eigenvalue weighted by Gasteiger charge is -2.23. The number of hydrogen-bond donors (Lipinski definition) is 0. The molecule has 1 aliphatic heterocycles. The number of thiazole rings is 1. The van der Waals surface area contributed by atoms with Crippen LogP contribution in [0.2, 0.25) is 0 Å². The largest absolute Gasteiger partial charge is 0.376 e. The predicted molar refractivity (Wildman–Crippen MR) is 106 cm³/mol. The van der Waals surface area contributed by atoms with Gasteiger partial charge < -0.3 is 4.74 Å². The van der Waals surface area contributed by atoms with Crippen molar-refractivity contribution in [3.63, 3.8) is 0 Å². The molecule has 26 heavy (non-hydrogen) atoms. The monoisotopic (exact) mass is 366 g/mol. The third-order valence-corrected chi connectivity index (χ3v) is 5.70. The fourth-order valence-electron chi connectivity index (χ4n) is 3.47. The minimum absolute atomic E-state index is 0.00800. The van der Waals surface area contributed by atoms with Gasteiger partial charge in [0.25, 0.3) is 5.91 Å². The number of carbonyl (C=O) groups is 1. The van der Waals surface area contributed by atoms with Crippen LogP contribution in [-0.2, 0) is 4.74 Å². The average Bonchev–Trinajstić information content (AvgIpc) is 3.27. The van der Waals surface area contributed by atoms with E-state index in [1.165, 1.54) is 0 Å². The summed E-state index contributed by atoms with van der Waals surface area (Å²) in [6.45, 7) is 5.36. The fourth-order valence-corrected chi connectivity index (χ4v) is 4.44. The fraction of sp³-hybridized carbons (Fsp3) is 0.333. The van der Waals surface area contributed by atoms with Crippen LogP contribution in [0.3, 0.4) is 0 Å². The molecule has 0 N–H and O–H groups in total. The van der Waals surface area contributed by atoms with E-state index in [9.17, 15) is 4.79 Å². The first-order chi connectivity index (χ1) is 12.6. The molecule has 1 atom stereocenters. The summed E-state index contributed by atoms with van der Waals surface area (Å²) in [6, 6.07) is 14.0. The van der Waals surface area contributed by atoms with Gasteiger partial charge in [-0.1, -0.05) is 40.7 Å². The molecule has 0 radical (unpaired) electrons. The summed E-state index contributed by atoms with van der Waals surface area (Å²) in [5, 5.41) is 0.742. The molecule has 4 nitrogen and oxygen atoms in total. The molecular formula is C21H22N2O2S. The molecule has 1 unspecified atom stereocenters. The van der Waals surface area contributed by atoms with Crippen LogP contribution in [0.4, 0.5) is 5.13 Å². The second-order valence-corrected chi connectivity index (χ2v) is 7.90. The number of para-hydroxylation sites is 1. The summed E-state index contributed by atoms with van der Waals surface area (Å²) in [5.41, 5.74) is 3.82. The Hall–Kier alpha value is -2.24. The molecule has 4 rings (SSSR count). The highest BCUT2D eigenvalue weighted by molar-refractivity contribution is 7.22. The number of amides is 1. The minimum atomic E-state index is -0.00800. The van der Waals surface area contributed by atoms with Crippen molar-refractivity contribution < 1.29 is 9.53 Å². The zero-order valence-corrected chi connectivity index (χ0v) is 15.9. The normalized spacial score (nSPS) is 16.9. The first kappa shape index (κ1) is 17.2. The van der Waals surface area contributed by atoms with Gasteiger partial charge in [0.15, 0.2) is 5.13 Å². The zero-order valence-electron chi connectivity index (χ0n) is 15.1. The highest BCUT2D eigenvalue weighted by Crippen LogP contribution is 2.31. The van der Waals surface area contributed by atoms with Crippen molar-refractivity contribution in [2.24, 2.45) is 0 Å². The number of ether oxygens (including phenoxy) is 1. The second kappa shape index (κ2) is 7.17. The van der Waals surface area contributed by atoms with Gasteiger partial charge in [0.05, 0.1) is 22.9 Å². The standard InChI is InChI=1S/C21H22N2O2S/c1-14-10-15(2)12-16(11-14)20(24)23(13-17-6-5-9-25-17)21-22-18-7-3-4-8-19(18)26-21/h3-4,7-8,10-12,17H,5-6,9,13H2,1-2H3. The number of anilines is 1. The summed E-state index contributed by atoms with van der Waals surface area (Å²) < 4.78 is 6.89. The number of aryl methyl sites for hydroxylation is 2. The molecule has 1 amide bonds. The maximum atomic E-state index is 13.4. The van der Waals surface area contributed by atoms with Gasteiger partial charge in [-0.05, 0) is 51.0 Å². The van der Waals surface area contributed by atoms with Crippen LogP contribution in [0.5, 0.6) is 0 Å². The quantitative estimate of drug-likeness (QED) is 0.670. The third kappa shape index (κ3) is 3.50. The third-order valence-electron chi connectivity index (χ3n) is 4.64. The molecule has 134 valence electrons. The van der Waals surface area contributed by atoms with Crippen molar-refractivity contribution in [3.8, 4) is 0 Å². The Morgan fingerprint density at radius 2 is 2.00 bits per heavy atom. The van der Waals surface area contributed by atoms with Crippen molar-refractivity contribution >= 4 is 32.6 Å². The van der Waals surface area contributed by atoms with Gasteiger partial charge in [-0.3, -0.25) is 9.69 Å². The zero-order chi connectivity index (χ0) is 18.1. The molecule has 1 aliphatic rings. The van der Waals surface area contributed by atoms with E-state index in [1.807, 2.05) is 50.2 Å². The molecule has 3 aromatic rings. The van der Waals surface area contributed by atoms with Crippen LogP contribution in [0.1, 0.15) is 34.3 Å². The topological polar surface area (TPSA) is 42.4 Å². The van der Waals surface area contributed by atoms with Gasteiger partial charge >= 0.3 is 0 Å². The predicted octanol–water partition coefficient (Wildman–Crippen LogP) is 4.74. The molecule has 1 saturated heterocycles. The van der Waals surface area contributed by atoms with Gasteiger partial charge in [-0.15, -0.1) is 0 Å². The summed E-state index contributed by atoms with van der Waals surface area (Å²) in [4.78, 5) is 19.9. The first-order valence-electron chi connectivity index (χ1n) is 8.97. The Bertz CT molecular complexity index is 891. The lowest BCUT2D eigenvalue weighted by molar-refractivity contribution is 0.0917. The smallest absolute Gasteiger partial charge is 0.260 e. The Labute approximate surface area is 157 Å². The maximum Gasteiger partial charge on any atom is 0.260 e. The molecule has 2 aromatic carbocycles. The summed E-state index contributed by atoms with van der Waals surface area (Å²) >= 11 is 1.56. The van der Waals surface area contributed by atoms with E-state index in [0.29, 0.717) is 12.1 Å². The SMILES string of the molecule is Cc1cc(C)cc(C(=O)N(CC2CCCO2)c2nc3ccccc3s2)c1. The Morgan fingerprint density at radius 1 is 1.23 bits per heavy atom. The van der Waals surface area contributed by atoms with Crippen LogP contribution < -0.4 is 4.90 Å². The number of hydrogen-bond acceptors (Lipinski definition) is 4. The van der Waals surface area contributed by atoms with E-state index in [1.54, 1.807) is 16.2 Å². The minimum Gasteiger partial charge on any atom is -0.376 e. The summed E-state index contributed by atoms with van der Waals surface area (Å²) in [7, 11) is 0. The van der Waals surface area contributed by atoms with E-state index >= 15 is 0 Å². The molecule has 0 spiro atoms. The molecular weight excluding hydrogens is 344 g/mol. The number of fused-ring (bicyclic) bond motifs is 1. The van der Waals surface area contributed by atoms with Gasteiger partial charge in [-0.25, -0.2) is 4.98 Å². The Balaban J connectivity index is 1.72. The van der Waals surface area contributed by atoms with Crippen LogP contribution in [0.15, 0.2) is 42.5 Å². The van der Waals surface area contributed by atoms with Crippen molar-refractivity contribution in [1.29, 1.82) is 0 Å². The van der Waals surface area contributed by atoms with E-state index in [2.05, 4.69) is 6.07 Å². The van der Waals surface area contributed by atoms with Crippen molar-refractivity contribution in [2.75, 3.05) is 18.1 Å². The Kier molecular flexibility index (Phi) is 4.74. The number of carbonyl (C=O) groups excluding carboxylic acids is 1. The van der Waals surface area contributed by atoms with Gasteiger partial charge in [0.1, 0.15) is 0 Å². The van der Waals surface area contributed by atoms with Gasteiger partial charge in [0, 0.05) is 12.2 Å². The summed E-state index contributed by atoms with van der Waals surface area (Å²) in [5.74, 6) is -0.00800. The van der Waals surface area contributed by atoms with E-state index in [-0.39, 0.29) is 12.0 Å². The Morgan fingerprint density at radius 3 is 2.69 bits per heavy atom. The van der Waals surface area contributed by atoms with E-state index in [0.717, 1.165) is 45.9 Å². The molecule has 0 aliphatic carbocycles. The molecule has 5 heteroatoms. The molecule has 1 aromatic heterocycles. The van der Waals surface area contributed by atoms with Gasteiger partial charge in [-0.2, -0.15) is 0 Å². The number of nitrogens with zero attached hydrogens (tertiary/aromatic N) is 2. The lowest BCUT2D eigenvalue weighted by Crippen LogP contribution is -2.37. The van der Waals surface area contributed by atoms with Crippen molar-refractivity contribution in [1.82, 2.24) is 4.98 Å². The highest BCUT2D eigenvalue weighted by Gasteiger charge is 2.27. The highest BCUT2D eigenvalue weighted by atomic mass is 32.1. The number of aromatic nitrogens is 1. The van der Waals surface area contributed by atoms with E-state index in [4.69, 9.17) is 9.72 Å². The van der Waals surface area contributed by atoms with Crippen LogP contribution in [0, 0.1) is 13.8 Å². The summed E-state index contributed by atoms with van der Waals surface area (Å²) in [6.07, 6.45) is 2.12. The van der Waals surface area contributed by atoms with Crippen LogP contribution >= 0.6 is 11.3 Å². The molecule has 0 saturated carbocycles. The number of rotatable bonds is 4. The lowest BCUT2D eigenvalue weighted by atomic mass is 10.1. The molecule has 1 fully saturated rings. The second-order valence-electron chi connectivity index (χ2n) is 6.89. The molecule has 0 bridgehead atoms. The average molecular weight is 366 g/mol. The van der Waals surface area contributed by atoms with Crippen LogP contribution in [-0.4, -0.2) is 30.1 Å². The first-order valence-corrected chi connectivity index (χ1v) is 9.79. The van der Waals surface area contributed by atoms with Crippen LogP contribution in [0.25, 0.3) is 10.2 Å². The number of benzene rings is 2. The van der Waals surface area contributed by atoms with Crippen molar-refractivity contribution in [3.05, 3.63) is 59.2 Å².